The zero-order valence-corrected chi connectivity index (χ0v) is 13.5. The molecular formula is C15H23N3O2S. The number of likely N-dealkylation sites (tertiary alicyclic amines) is 1. The van der Waals surface area contributed by atoms with Crippen LogP contribution in [0.25, 0.3) is 0 Å². The molecular weight excluding hydrogens is 286 g/mol. The first-order valence-electron chi connectivity index (χ1n) is 7.66. The van der Waals surface area contributed by atoms with Gasteiger partial charge in [0.1, 0.15) is 9.88 Å². The topological polar surface area (TPSA) is 56.7 Å². The van der Waals surface area contributed by atoms with Gasteiger partial charge in [0.2, 0.25) is 0 Å². The molecule has 5 nitrogen and oxygen atoms in total. The number of hydrogen-bond acceptors (Lipinski definition) is 5. The van der Waals surface area contributed by atoms with E-state index in [1.54, 1.807) is 0 Å². The van der Waals surface area contributed by atoms with Gasteiger partial charge in [-0.3, -0.25) is 4.90 Å². The Bertz CT molecular complexity index is 519. The molecule has 1 saturated heterocycles. The fourth-order valence-electron chi connectivity index (χ4n) is 3.01. The van der Waals surface area contributed by atoms with Crippen molar-refractivity contribution in [1.82, 2.24) is 14.8 Å². The van der Waals surface area contributed by atoms with E-state index in [0.29, 0.717) is 16.8 Å². The summed E-state index contributed by atoms with van der Waals surface area (Å²) in [5, 5.41) is 10.3. The summed E-state index contributed by atoms with van der Waals surface area (Å²) < 4.78 is 0. The Morgan fingerprint density at radius 3 is 2.62 bits per heavy atom. The van der Waals surface area contributed by atoms with Crippen LogP contribution < -0.4 is 0 Å². The number of aromatic nitrogens is 1. The number of carbonyl (C=O) groups is 1. The van der Waals surface area contributed by atoms with E-state index < -0.39 is 5.97 Å². The average molecular weight is 309 g/mol. The highest BCUT2D eigenvalue weighted by atomic mass is 32.1. The maximum absolute atomic E-state index is 11.3. The average Bonchev–Trinajstić information content (AvgIpc) is 3.20. The van der Waals surface area contributed by atoms with Gasteiger partial charge < -0.3 is 10.0 Å². The van der Waals surface area contributed by atoms with E-state index in [1.807, 2.05) is 0 Å². The highest BCUT2D eigenvalue weighted by Gasteiger charge is 2.32. The van der Waals surface area contributed by atoms with Crippen LogP contribution in [0.4, 0.5) is 0 Å². The first-order valence-corrected chi connectivity index (χ1v) is 8.48. The Labute approximate surface area is 129 Å². The number of piperidine rings is 1. The standard InChI is InChI=1S/C15H23N3O2S/c1-17-7-5-11(6-8-17)18(2)9-12-16-13(10-3-4-10)14(21-12)15(19)20/h10-11H,3-9H2,1-2H3,(H,19,20). The van der Waals surface area contributed by atoms with Crippen molar-refractivity contribution in [1.29, 1.82) is 0 Å². The quantitative estimate of drug-likeness (QED) is 0.904. The first-order chi connectivity index (χ1) is 10.0. The number of aromatic carboxylic acids is 1. The van der Waals surface area contributed by atoms with Crippen molar-refractivity contribution < 1.29 is 9.90 Å². The fourth-order valence-corrected chi connectivity index (χ4v) is 4.06. The van der Waals surface area contributed by atoms with Crippen molar-refractivity contribution in [2.75, 3.05) is 27.2 Å². The second-order valence-corrected chi connectivity index (χ2v) is 7.43. The van der Waals surface area contributed by atoms with Gasteiger partial charge in [-0.05, 0) is 52.9 Å². The summed E-state index contributed by atoms with van der Waals surface area (Å²) in [7, 11) is 4.30. The van der Waals surface area contributed by atoms with Gasteiger partial charge >= 0.3 is 5.97 Å². The van der Waals surface area contributed by atoms with Crippen LogP contribution in [0.3, 0.4) is 0 Å². The van der Waals surface area contributed by atoms with Gasteiger partial charge in [-0.2, -0.15) is 0 Å². The first kappa shape index (κ1) is 14.9. The highest BCUT2D eigenvalue weighted by molar-refractivity contribution is 7.13. The van der Waals surface area contributed by atoms with Crippen LogP contribution >= 0.6 is 11.3 Å². The third kappa shape index (κ3) is 3.44. The van der Waals surface area contributed by atoms with Gasteiger partial charge in [0, 0.05) is 12.0 Å². The summed E-state index contributed by atoms with van der Waals surface area (Å²) in [5.74, 6) is -0.419. The molecule has 0 atom stereocenters. The Kier molecular flexibility index (Phi) is 4.28. The summed E-state index contributed by atoms with van der Waals surface area (Å²) in [6, 6.07) is 0.586. The molecule has 3 rings (SSSR count). The number of hydrogen-bond donors (Lipinski definition) is 1. The molecule has 1 aliphatic carbocycles. The molecule has 1 aliphatic heterocycles. The van der Waals surface area contributed by atoms with Crippen molar-refractivity contribution in [2.45, 2.75) is 44.2 Å². The van der Waals surface area contributed by atoms with Crippen LogP contribution in [0.5, 0.6) is 0 Å². The Morgan fingerprint density at radius 1 is 1.38 bits per heavy atom. The molecule has 0 bridgehead atoms. The maximum Gasteiger partial charge on any atom is 0.347 e. The second-order valence-electron chi connectivity index (χ2n) is 6.35. The molecule has 116 valence electrons. The van der Waals surface area contributed by atoms with Crippen molar-refractivity contribution >= 4 is 17.3 Å². The van der Waals surface area contributed by atoms with Crippen LogP contribution in [-0.4, -0.2) is 59.1 Å². The van der Waals surface area contributed by atoms with Gasteiger partial charge in [0.05, 0.1) is 12.2 Å². The zero-order chi connectivity index (χ0) is 15.0. The summed E-state index contributed by atoms with van der Waals surface area (Å²) in [5.41, 5.74) is 0.833. The number of carboxylic acid groups (broad SMARTS) is 1. The molecule has 1 aromatic rings. The number of rotatable bonds is 5. The van der Waals surface area contributed by atoms with E-state index in [-0.39, 0.29) is 0 Å². The SMILES string of the molecule is CN1CCC(N(C)Cc2nc(C3CC3)c(C(=O)O)s2)CC1. The van der Waals surface area contributed by atoms with Gasteiger partial charge in [-0.15, -0.1) is 11.3 Å². The Balaban J connectivity index is 1.67. The third-order valence-electron chi connectivity index (χ3n) is 4.55. The fraction of sp³-hybridized carbons (Fsp3) is 0.733. The number of nitrogens with zero attached hydrogens (tertiary/aromatic N) is 3. The molecule has 21 heavy (non-hydrogen) atoms. The molecule has 2 fully saturated rings. The largest absolute Gasteiger partial charge is 0.477 e. The lowest BCUT2D eigenvalue weighted by Gasteiger charge is -2.34. The van der Waals surface area contributed by atoms with E-state index in [4.69, 9.17) is 0 Å². The predicted octanol–water partition coefficient (Wildman–Crippen LogP) is 2.24. The van der Waals surface area contributed by atoms with Crippen LogP contribution in [0.15, 0.2) is 0 Å². The predicted molar refractivity (Wildman–Crippen MR) is 83.0 cm³/mol. The van der Waals surface area contributed by atoms with Gasteiger partial charge in [-0.1, -0.05) is 0 Å². The molecule has 0 radical (unpaired) electrons. The summed E-state index contributed by atoms with van der Waals surface area (Å²) in [6.07, 6.45) is 4.54. The molecule has 1 N–H and O–H groups in total. The van der Waals surface area contributed by atoms with Crippen molar-refractivity contribution in [3.05, 3.63) is 15.6 Å². The zero-order valence-electron chi connectivity index (χ0n) is 12.7. The Morgan fingerprint density at radius 2 is 2.05 bits per heavy atom. The minimum absolute atomic E-state index is 0.398. The Hall–Kier alpha value is -0.980. The summed E-state index contributed by atoms with van der Waals surface area (Å²) in [4.78, 5) is 21.1. The van der Waals surface area contributed by atoms with E-state index in [0.717, 1.165) is 43.2 Å². The lowest BCUT2D eigenvalue weighted by molar-refractivity contribution is 0.0700. The van der Waals surface area contributed by atoms with E-state index in [1.165, 1.54) is 24.2 Å². The molecule has 1 saturated carbocycles. The minimum atomic E-state index is -0.817. The monoisotopic (exact) mass is 309 g/mol. The molecule has 0 unspecified atom stereocenters. The van der Waals surface area contributed by atoms with Crippen LogP contribution in [0, 0.1) is 0 Å². The van der Waals surface area contributed by atoms with E-state index in [9.17, 15) is 9.90 Å². The van der Waals surface area contributed by atoms with Gasteiger partial charge in [0.25, 0.3) is 0 Å². The van der Waals surface area contributed by atoms with Crippen molar-refractivity contribution in [3.63, 3.8) is 0 Å². The molecule has 0 amide bonds. The second kappa shape index (κ2) is 6.02. The molecule has 0 spiro atoms. The van der Waals surface area contributed by atoms with E-state index >= 15 is 0 Å². The normalized spacial score (nSPS) is 21.1. The highest BCUT2D eigenvalue weighted by Crippen LogP contribution is 2.42. The smallest absolute Gasteiger partial charge is 0.347 e. The minimum Gasteiger partial charge on any atom is -0.477 e. The summed E-state index contributed by atoms with van der Waals surface area (Å²) in [6.45, 7) is 3.05. The lowest BCUT2D eigenvalue weighted by Crippen LogP contribution is -2.41. The van der Waals surface area contributed by atoms with Gasteiger partial charge in [0.15, 0.2) is 0 Å². The van der Waals surface area contributed by atoms with Crippen LogP contribution in [0.2, 0.25) is 0 Å². The van der Waals surface area contributed by atoms with Gasteiger partial charge in [-0.25, -0.2) is 9.78 Å². The summed E-state index contributed by atoms with van der Waals surface area (Å²) >= 11 is 1.37. The molecule has 0 aromatic carbocycles. The number of thiazole rings is 1. The number of carboxylic acids is 1. The molecule has 2 heterocycles. The molecule has 2 aliphatic rings. The molecule has 1 aromatic heterocycles. The van der Waals surface area contributed by atoms with Crippen LogP contribution in [0.1, 0.15) is 52.0 Å². The van der Waals surface area contributed by atoms with Crippen molar-refractivity contribution in [2.24, 2.45) is 0 Å². The van der Waals surface area contributed by atoms with Crippen molar-refractivity contribution in [3.8, 4) is 0 Å². The maximum atomic E-state index is 11.3. The van der Waals surface area contributed by atoms with E-state index in [2.05, 4.69) is 28.9 Å². The lowest BCUT2D eigenvalue weighted by atomic mass is 10.0. The third-order valence-corrected chi connectivity index (χ3v) is 5.60. The molecule has 6 heteroatoms. The van der Waals surface area contributed by atoms with Crippen LogP contribution in [-0.2, 0) is 6.54 Å².